The number of nitrogens with zero attached hydrogens (tertiary/aromatic N) is 2. The van der Waals surface area contributed by atoms with Gasteiger partial charge >= 0.3 is 0 Å². The van der Waals surface area contributed by atoms with Crippen molar-refractivity contribution < 1.29 is 9.90 Å². The summed E-state index contributed by atoms with van der Waals surface area (Å²) in [6.07, 6.45) is 2.25. The van der Waals surface area contributed by atoms with Crippen molar-refractivity contribution >= 4 is 5.91 Å². The van der Waals surface area contributed by atoms with Crippen LogP contribution in [-0.2, 0) is 7.05 Å². The Kier molecular flexibility index (Phi) is 5.20. The number of hydrogen-bond acceptors (Lipinski definition) is 3. The van der Waals surface area contributed by atoms with Gasteiger partial charge in [0.15, 0.2) is 0 Å². The lowest BCUT2D eigenvalue weighted by Gasteiger charge is -2.31. The highest BCUT2D eigenvalue weighted by Crippen LogP contribution is 2.15. The first kappa shape index (κ1) is 15.1. The predicted molar refractivity (Wildman–Crippen MR) is 78.7 cm³/mol. The first-order chi connectivity index (χ1) is 9.61. The molecule has 0 unspecified atom stereocenters. The highest BCUT2D eigenvalue weighted by atomic mass is 16.3. The van der Waals surface area contributed by atoms with Crippen molar-refractivity contribution in [3.05, 3.63) is 23.5 Å². The van der Waals surface area contributed by atoms with Gasteiger partial charge in [-0.3, -0.25) is 4.79 Å². The number of carbonyl (C=O) groups is 1. The Hall–Kier alpha value is -1.33. The molecule has 1 atom stereocenters. The summed E-state index contributed by atoms with van der Waals surface area (Å²) in [7, 11) is 1.90. The third kappa shape index (κ3) is 3.61. The standard InChI is InChI=1S/C15H25N3O2/c1-12-5-6-14(17(12)2)15(20)16-7-9-18-8-3-4-13(10-18)11-19/h5-6,13,19H,3-4,7-11H2,1-2H3,(H,16,20)/t13-/m1/s1. The molecular formula is C15H25N3O2. The minimum atomic E-state index is -0.0173. The minimum Gasteiger partial charge on any atom is -0.396 e. The number of aliphatic hydroxyl groups is 1. The molecule has 1 amide bonds. The van der Waals surface area contributed by atoms with Crippen LogP contribution in [-0.4, -0.2) is 53.3 Å². The molecule has 2 rings (SSSR count). The zero-order chi connectivity index (χ0) is 14.5. The van der Waals surface area contributed by atoms with Gasteiger partial charge in [0.2, 0.25) is 0 Å². The smallest absolute Gasteiger partial charge is 0.267 e. The fourth-order valence-electron chi connectivity index (χ4n) is 2.76. The molecule has 1 saturated heterocycles. The molecule has 2 N–H and O–H groups in total. The van der Waals surface area contributed by atoms with Crippen LogP contribution in [0, 0.1) is 12.8 Å². The second-order valence-electron chi connectivity index (χ2n) is 5.67. The Labute approximate surface area is 120 Å². The molecule has 0 bridgehead atoms. The molecule has 1 aliphatic heterocycles. The molecule has 112 valence electrons. The van der Waals surface area contributed by atoms with E-state index in [0.29, 0.717) is 18.2 Å². The fourth-order valence-corrected chi connectivity index (χ4v) is 2.76. The number of carbonyl (C=O) groups excluding carboxylic acids is 1. The molecule has 5 nitrogen and oxygen atoms in total. The monoisotopic (exact) mass is 279 g/mol. The molecule has 20 heavy (non-hydrogen) atoms. The van der Waals surface area contributed by atoms with Gasteiger partial charge in [-0.1, -0.05) is 0 Å². The normalized spacial score (nSPS) is 20.1. The van der Waals surface area contributed by atoms with E-state index < -0.39 is 0 Å². The van der Waals surface area contributed by atoms with Gasteiger partial charge in [0.25, 0.3) is 5.91 Å². The Morgan fingerprint density at radius 1 is 1.50 bits per heavy atom. The summed E-state index contributed by atoms with van der Waals surface area (Å²) < 4.78 is 1.90. The summed E-state index contributed by atoms with van der Waals surface area (Å²) >= 11 is 0. The molecule has 5 heteroatoms. The summed E-state index contributed by atoms with van der Waals surface area (Å²) in [6, 6.07) is 3.80. The van der Waals surface area contributed by atoms with Crippen molar-refractivity contribution in [3.63, 3.8) is 0 Å². The number of aliphatic hydroxyl groups excluding tert-OH is 1. The van der Waals surface area contributed by atoms with Crippen molar-refractivity contribution in [2.45, 2.75) is 19.8 Å². The van der Waals surface area contributed by atoms with Crippen LogP contribution in [0.3, 0.4) is 0 Å². The van der Waals surface area contributed by atoms with Crippen molar-refractivity contribution in [3.8, 4) is 0 Å². The van der Waals surface area contributed by atoms with E-state index in [2.05, 4.69) is 10.2 Å². The molecule has 1 aliphatic rings. The van der Waals surface area contributed by atoms with Gasteiger partial charge in [-0.25, -0.2) is 0 Å². The first-order valence-electron chi connectivity index (χ1n) is 7.35. The quantitative estimate of drug-likeness (QED) is 0.837. The average molecular weight is 279 g/mol. The lowest BCUT2D eigenvalue weighted by molar-refractivity contribution is 0.0923. The van der Waals surface area contributed by atoms with Crippen molar-refractivity contribution in [1.82, 2.24) is 14.8 Å². The van der Waals surface area contributed by atoms with E-state index in [4.69, 9.17) is 0 Å². The number of aromatic nitrogens is 1. The van der Waals surface area contributed by atoms with Crippen molar-refractivity contribution in [2.24, 2.45) is 13.0 Å². The van der Waals surface area contributed by atoms with E-state index in [0.717, 1.165) is 38.2 Å². The SMILES string of the molecule is Cc1ccc(C(=O)NCCN2CCC[C@@H](CO)C2)n1C. The molecule has 0 aromatic carbocycles. The van der Waals surface area contributed by atoms with Crippen molar-refractivity contribution in [1.29, 1.82) is 0 Å². The van der Waals surface area contributed by atoms with Crippen LogP contribution >= 0.6 is 0 Å². The van der Waals surface area contributed by atoms with Crippen LogP contribution in [0.15, 0.2) is 12.1 Å². The van der Waals surface area contributed by atoms with Crippen LogP contribution in [0.25, 0.3) is 0 Å². The molecule has 1 aromatic heterocycles. The maximum atomic E-state index is 12.1. The topological polar surface area (TPSA) is 57.5 Å². The lowest BCUT2D eigenvalue weighted by atomic mass is 9.99. The van der Waals surface area contributed by atoms with E-state index in [1.165, 1.54) is 0 Å². The van der Waals surface area contributed by atoms with E-state index in [1.54, 1.807) is 0 Å². The number of rotatable bonds is 5. The van der Waals surface area contributed by atoms with Crippen molar-refractivity contribution in [2.75, 3.05) is 32.8 Å². The third-order valence-electron chi connectivity index (χ3n) is 4.18. The van der Waals surface area contributed by atoms with Crippen LogP contribution in [0.4, 0.5) is 0 Å². The summed E-state index contributed by atoms with van der Waals surface area (Å²) in [5.41, 5.74) is 1.78. The Balaban J connectivity index is 1.75. The number of piperidine rings is 1. The van der Waals surface area contributed by atoms with Crippen LogP contribution in [0.2, 0.25) is 0 Å². The average Bonchev–Trinajstić information content (AvgIpc) is 2.79. The van der Waals surface area contributed by atoms with Crippen LogP contribution in [0.5, 0.6) is 0 Å². The molecular weight excluding hydrogens is 254 g/mol. The second kappa shape index (κ2) is 6.90. The summed E-state index contributed by atoms with van der Waals surface area (Å²) in [6.45, 7) is 5.77. The fraction of sp³-hybridized carbons (Fsp3) is 0.667. The number of nitrogens with one attached hydrogen (secondary N) is 1. The van der Waals surface area contributed by atoms with Gasteiger partial charge in [0.05, 0.1) is 0 Å². The van der Waals surface area contributed by atoms with Gasteiger partial charge in [-0.05, 0) is 44.4 Å². The number of hydrogen-bond donors (Lipinski definition) is 2. The lowest BCUT2D eigenvalue weighted by Crippen LogP contribution is -2.41. The van der Waals surface area contributed by atoms with E-state index >= 15 is 0 Å². The maximum Gasteiger partial charge on any atom is 0.267 e. The summed E-state index contributed by atoms with van der Waals surface area (Å²) in [4.78, 5) is 14.4. The maximum absolute atomic E-state index is 12.1. The largest absolute Gasteiger partial charge is 0.396 e. The highest BCUT2D eigenvalue weighted by molar-refractivity contribution is 5.92. The van der Waals surface area contributed by atoms with Gasteiger partial charge < -0.3 is 19.9 Å². The third-order valence-corrected chi connectivity index (χ3v) is 4.18. The van der Waals surface area contributed by atoms with E-state index in [-0.39, 0.29) is 12.5 Å². The van der Waals surface area contributed by atoms with Crippen LogP contribution < -0.4 is 5.32 Å². The zero-order valence-corrected chi connectivity index (χ0v) is 12.4. The number of amides is 1. The molecule has 1 fully saturated rings. The summed E-state index contributed by atoms with van der Waals surface area (Å²) in [5, 5.41) is 12.2. The number of aryl methyl sites for hydroxylation is 1. The molecule has 0 radical (unpaired) electrons. The minimum absolute atomic E-state index is 0.0173. The first-order valence-corrected chi connectivity index (χ1v) is 7.35. The molecule has 0 aliphatic carbocycles. The Morgan fingerprint density at radius 3 is 2.95 bits per heavy atom. The molecule has 2 heterocycles. The zero-order valence-electron chi connectivity index (χ0n) is 12.4. The molecule has 0 spiro atoms. The van der Waals surface area contributed by atoms with Crippen LogP contribution in [0.1, 0.15) is 29.0 Å². The highest BCUT2D eigenvalue weighted by Gasteiger charge is 2.19. The molecule has 0 saturated carbocycles. The predicted octanol–water partition coefficient (Wildman–Crippen LogP) is 0.768. The van der Waals surface area contributed by atoms with Gasteiger partial charge in [0.1, 0.15) is 5.69 Å². The van der Waals surface area contributed by atoms with Gasteiger partial charge in [0, 0.05) is 39.0 Å². The van der Waals surface area contributed by atoms with E-state index in [1.807, 2.05) is 30.7 Å². The Bertz CT molecular complexity index is 456. The second-order valence-corrected chi connectivity index (χ2v) is 5.67. The van der Waals surface area contributed by atoms with Gasteiger partial charge in [-0.2, -0.15) is 0 Å². The Morgan fingerprint density at radius 2 is 2.30 bits per heavy atom. The molecule has 1 aromatic rings. The van der Waals surface area contributed by atoms with Gasteiger partial charge in [-0.15, -0.1) is 0 Å². The van der Waals surface area contributed by atoms with E-state index in [9.17, 15) is 9.90 Å². The summed E-state index contributed by atoms with van der Waals surface area (Å²) in [5.74, 6) is 0.381. The number of likely N-dealkylation sites (tertiary alicyclic amines) is 1.